The highest BCUT2D eigenvalue weighted by Crippen LogP contribution is 2.20. The molecule has 4 rings (SSSR count). The van der Waals surface area contributed by atoms with Gasteiger partial charge < -0.3 is 25.0 Å². The Kier molecular flexibility index (Phi) is 6.08. The summed E-state index contributed by atoms with van der Waals surface area (Å²) in [6, 6.07) is 5.52. The van der Waals surface area contributed by atoms with Crippen molar-refractivity contribution in [2.75, 3.05) is 26.2 Å². The number of piperazine rings is 1. The number of carbonyl (C=O) groups is 4. The van der Waals surface area contributed by atoms with Crippen molar-refractivity contribution < 1.29 is 19.2 Å². The molecule has 0 unspecified atom stereocenters. The van der Waals surface area contributed by atoms with Gasteiger partial charge >= 0.3 is 0 Å². The Labute approximate surface area is 184 Å². The van der Waals surface area contributed by atoms with Gasteiger partial charge in [-0.1, -0.05) is 6.07 Å². The van der Waals surface area contributed by atoms with Crippen LogP contribution in [0.2, 0.25) is 0 Å². The van der Waals surface area contributed by atoms with Crippen molar-refractivity contribution in [3.05, 3.63) is 46.4 Å². The summed E-state index contributed by atoms with van der Waals surface area (Å²) in [4.78, 5) is 55.0. The van der Waals surface area contributed by atoms with E-state index >= 15 is 0 Å². The highest BCUT2D eigenvalue weighted by molar-refractivity contribution is 7.12. The van der Waals surface area contributed by atoms with Crippen LogP contribution in [0.3, 0.4) is 0 Å². The number of aryl methyl sites for hydroxylation is 1. The second kappa shape index (κ2) is 8.93. The molecule has 0 spiro atoms. The first-order chi connectivity index (χ1) is 15.0. The molecular formula is C21H25N5O4S. The van der Waals surface area contributed by atoms with E-state index in [9.17, 15) is 19.2 Å². The molecule has 0 bridgehead atoms. The van der Waals surface area contributed by atoms with Crippen molar-refractivity contribution in [3.63, 3.8) is 0 Å². The lowest BCUT2D eigenvalue weighted by Crippen LogP contribution is -2.63. The van der Waals surface area contributed by atoms with E-state index in [1.807, 2.05) is 5.38 Å². The summed E-state index contributed by atoms with van der Waals surface area (Å²) in [5, 5.41) is 7.35. The van der Waals surface area contributed by atoms with Crippen LogP contribution in [0.15, 0.2) is 35.8 Å². The number of carbonyl (C=O) groups excluding carboxylic acids is 4. The zero-order valence-electron chi connectivity index (χ0n) is 17.2. The maximum Gasteiger partial charge on any atom is 0.270 e. The Morgan fingerprint density at radius 1 is 1.16 bits per heavy atom. The highest BCUT2D eigenvalue weighted by Gasteiger charge is 2.39. The minimum atomic E-state index is -0.873. The van der Waals surface area contributed by atoms with E-state index in [-0.39, 0.29) is 30.8 Å². The minimum absolute atomic E-state index is 0.0707. The summed E-state index contributed by atoms with van der Waals surface area (Å²) in [5.41, 5.74) is 0.517. The lowest BCUT2D eigenvalue weighted by atomic mass is 10.0. The molecule has 9 nitrogen and oxygen atoms in total. The van der Waals surface area contributed by atoms with Crippen molar-refractivity contribution >= 4 is 35.0 Å². The first kappa shape index (κ1) is 21.1. The molecule has 4 amide bonds. The Balaban J connectivity index is 1.55. The Bertz CT molecular complexity index is 986. The third-order valence-electron chi connectivity index (χ3n) is 5.73. The minimum Gasteiger partial charge on any atom is -0.354 e. The zero-order valence-corrected chi connectivity index (χ0v) is 18.1. The molecule has 2 atom stereocenters. The first-order valence-electron chi connectivity index (χ1n) is 10.3. The van der Waals surface area contributed by atoms with E-state index in [1.54, 1.807) is 47.0 Å². The molecule has 2 N–H and O–H groups in total. The topological polar surface area (TPSA) is 104 Å². The molecule has 2 fully saturated rings. The molecule has 10 heteroatoms. The molecule has 0 aliphatic carbocycles. The molecule has 0 aromatic carbocycles. The largest absolute Gasteiger partial charge is 0.354 e. The summed E-state index contributed by atoms with van der Waals surface area (Å²) in [5.74, 6) is -1.07. The Morgan fingerprint density at radius 2 is 2.00 bits per heavy atom. The van der Waals surface area contributed by atoms with E-state index in [0.717, 1.165) is 6.42 Å². The zero-order chi connectivity index (χ0) is 22.0. The SMILES string of the molecule is Cn1cccc1C(=O)N1CCN(C(=O)c2cccs2)[C@@H](C(=O)N[C@@H]2CCCNC2=O)C1. The van der Waals surface area contributed by atoms with Crippen LogP contribution in [0.5, 0.6) is 0 Å². The van der Waals surface area contributed by atoms with E-state index in [2.05, 4.69) is 10.6 Å². The Hall–Kier alpha value is -3.14. The molecular weight excluding hydrogens is 418 g/mol. The molecule has 4 heterocycles. The van der Waals surface area contributed by atoms with E-state index in [4.69, 9.17) is 0 Å². The van der Waals surface area contributed by atoms with Gasteiger partial charge in [-0.3, -0.25) is 19.2 Å². The van der Waals surface area contributed by atoms with Gasteiger partial charge in [-0.25, -0.2) is 0 Å². The molecule has 2 saturated heterocycles. The average molecular weight is 444 g/mol. The number of hydrogen-bond donors (Lipinski definition) is 2. The maximum absolute atomic E-state index is 13.2. The quantitative estimate of drug-likeness (QED) is 0.716. The van der Waals surface area contributed by atoms with E-state index < -0.39 is 18.0 Å². The smallest absolute Gasteiger partial charge is 0.270 e. The van der Waals surface area contributed by atoms with Gasteiger partial charge in [0.15, 0.2) is 0 Å². The van der Waals surface area contributed by atoms with Crippen LogP contribution in [0.4, 0.5) is 0 Å². The van der Waals surface area contributed by atoms with Gasteiger partial charge in [-0.05, 0) is 36.4 Å². The van der Waals surface area contributed by atoms with Crippen LogP contribution >= 0.6 is 11.3 Å². The molecule has 0 saturated carbocycles. The van der Waals surface area contributed by atoms with Crippen molar-refractivity contribution in [1.82, 2.24) is 25.0 Å². The monoisotopic (exact) mass is 443 g/mol. The number of aromatic nitrogens is 1. The van der Waals surface area contributed by atoms with Gasteiger partial charge in [0.05, 0.1) is 11.4 Å². The van der Waals surface area contributed by atoms with Crippen LogP contribution < -0.4 is 10.6 Å². The third-order valence-corrected chi connectivity index (χ3v) is 6.59. The van der Waals surface area contributed by atoms with Gasteiger partial charge in [0.25, 0.3) is 11.8 Å². The van der Waals surface area contributed by atoms with Crippen molar-refractivity contribution in [1.29, 1.82) is 0 Å². The van der Waals surface area contributed by atoms with Gasteiger partial charge in [-0.2, -0.15) is 0 Å². The van der Waals surface area contributed by atoms with E-state index in [1.165, 1.54) is 16.2 Å². The number of hydrogen-bond acceptors (Lipinski definition) is 5. The lowest BCUT2D eigenvalue weighted by molar-refractivity contribution is -0.133. The van der Waals surface area contributed by atoms with Gasteiger partial charge in [0.2, 0.25) is 11.8 Å². The van der Waals surface area contributed by atoms with Gasteiger partial charge in [0.1, 0.15) is 17.8 Å². The number of piperidine rings is 1. The fourth-order valence-electron chi connectivity index (χ4n) is 4.00. The van der Waals surface area contributed by atoms with Crippen LogP contribution in [-0.4, -0.2) is 76.3 Å². The number of nitrogens with zero attached hydrogens (tertiary/aromatic N) is 3. The van der Waals surface area contributed by atoms with Crippen LogP contribution in [0.1, 0.15) is 33.0 Å². The number of amides is 4. The fourth-order valence-corrected chi connectivity index (χ4v) is 4.68. The molecule has 0 radical (unpaired) electrons. The van der Waals surface area contributed by atoms with Crippen LogP contribution in [0.25, 0.3) is 0 Å². The van der Waals surface area contributed by atoms with Gasteiger partial charge in [0, 0.05) is 32.9 Å². The molecule has 2 aromatic heterocycles. The number of rotatable bonds is 4. The summed E-state index contributed by atoms with van der Waals surface area (Å²) in [7, 11) is 1.79. The number of thiophene rings is 1. The predicted molar refractivity (Wildman–Crippen MR) is 115 cm³/mol. The molecule has 164 valence electrons. The highest BCUT2D eigenvalue weighted by atomic mass is 32.1. The molecule has 2 aliphatic heterocycles. The lowest BCUT2D eigenvalue weighted by Gasteiger charge is -2.41. The first-order valence-corrected chi connectivity index (χ1v) is 11.2. The standard InChI is InChI=1S/C21H25N5O4S/c1-24-9-3-6-15(24)20(29)25-10-11-26(21(30)17-7-4-12-31-17)16(13-25)19(28)23-14-5-2-8-22-18(14)27/h3-4,6-7,9,12,14,16H,2,5,8,10-11,13H2,1H3,(H,22,27)(H,23,28)/t14-,16-/m1/s1. The second-order valence-corrected chi connectivity index (χ2v) is 8.69. The summed E-state index contributed by atoms with van der Waals surface area (Å²) in [6.45, 7) is 1.23. The average Bonchev–Trinajstić information content (AvgIpc) is 3.46. The van der Waals surface area contributed by atoms with Gasteiger partial charge in [-0.15, -0.1) is 11.3 Å². The predicted octanol–water partition coefficient (Wildman–Crippen LogP) is 0.448. The maximum atomic E-state index is 13.2. The van der Waals surface area contributed by atoms with Crippen molar-refractivity contribution in [2.45, 2.75) is 24.9 Å². The molecule has 2 aliphatic rings. The van der Waals surface area contributed by atoms with Crippen molar-refractivity contribution in [3.8, 4) is 0 Å². The molecule has 31 heavy (non-hydrogen) atoms. The summed E-state index contributed by atoms with van der Waals surface area (Å²) < 4.78 is 1.73. The Morgan fingerprint density at radius 3 is 2.68 bits per heavy atom. The van der Waals surface area contributed by atoms with Crippen LogP contribution in [0, 0.1) is 0 Å². The van der Waals surface area contributed by atoms with Crippen LogP contribution in [-0.2, 0) is 16.6 Å². The van der Waals surface area contributed by atoms with Crippen molar-refractivity contribution in [2.24, 2.45) is 7.05 Å². The second-order valence-electron chi connectivity index (χ2n) is 7.74. The third kappa shape index (κ3) is 4.34. The van der Waals surface area contributed by atoms with E-state index in [0.29, 0.717) is 30.1 Å². The summed E-state index contributed by atoms with van der Waals surface area (Å²) in [6.07, 6.45) is 3.11. The normalized spacial score (nSPS) is 21.5. The molecule has 2 aromatic rings. The fraction of sp³-hybridized carbons (Fsp3) is 0.429. The number of nitrogens with one attached hydrogen (secondary N) is 2. The summed E-state index contributed by atoms with van der Waals surface area (Å²) >= 11 is 1.31.